The summed E-state index contributed by atoms with van der Waals surface area (Å²) in [5.41, 5.74) is 0.694. The van der Waals surface area contributed by atoms with Crippen molar-refractivity contribution in [2.45, 2.75) is 6.10 Å². The Morgan fingerprint density at radius 3 is 2.73 bits per heavy atom. The van der Waals surface area contributed by atoms with Crippen LogP contribution in [0.2, 0.25) is 0 Å². The summed E-state index contributed by atoms with van der Waals surface area (Å²) in [7, 11) is 0. The van der Waals surface area contributed by atoms with Crippen molar-refractivity contribution in [3.8, 4) is 5.75 Å². The number of phenolic OH excluding ortho intramolecular Hbond substituents is 1. The van der Waals surface area contributed by atoms with Gasteiger partial charge in [-0.25, -0.2) is 0 Å². The molecule has 0 aliphatic heterocycles. The van der Waals surface area contributed by atoms with E-state index in [1.807, 2.05) is 0 Å². The van der Waals surface area contributed by atoms with Gasteiger partial charge >= 0.3 is 0 Å². The molecule has 0 amide bonds. The number of phenols is 1. The van der Waals surface area contributed by atoms with E-state index >= 15 is 0 Å². The number of hydrogen-bond acceptors (Lipinski definition) is 3. The summed E-state index contributed by atoms with van der Waals surface area (Å²) in [6, 6.07) is 6.54. The number of aliphatic hydroxyl groups is 1. The molecule has 1 aromatic rings. The fraction of sp³-hybridized carbons (Fsp3) is 0.250. The van der Waals surface area contributed by atoms with Crippen LogP contribution in [0.15, 0.2) is 24.3 Å². The van der Waals surface area contributed by atoms with Crippen LogP contribution < -0.4 is 0 Å². The Hall–Kier alpha value is -0.670. The summed E-state index contributed by atoms with van der Waals surface area (Å²) in [5.74, 6) is 0.534. The van der Waals surface area contributed by atoms with Crippen molar-refractivity contribution < 1.29 is 10.2 Å². The van der Waals surface area contributed by atoms with E-state index in [-0.39, 0.29) is 5.75 Å². The largest absolute Gasteiger partial charge is 0.508 e. The molecule has 0 aliphatic carbocycles. The lowest BCUT2D eigenvalue weighted by Crippen LogP contribution is -1.97. The average molecular weight is 170 g/mol. The molecule has 1 rings (SSSR count). The highest BCUT2D eigenvalue weighted by Crippen LogP contribution is 2.18. The lowest BCUT2D eigenvalue weighted by Gasteiger charge is -2.06. The third-order valence-corrected chi connectivity index (χ3v) is 1.77. The van der Waals surface area contributed by atoms with Gasteiger partial charge in [0, 0.05) is 5.75 Å². The Kier molecular flexibility index (Phi) is 2.79. The number of aliphatic hydroxyl groups excluding tert-OH is 1. The zero-order valence-electron chi connectivity index (χ0n) is 5.94. The Bertz CT molecular complexity index is 237. The second-order valence-corrected chi connectivity index (χ2v) is 2.66. The van der Waals surface area contributed by atoms with Crippen LogP contribution in [-0.4, -0.2) is 16.0 Å². The molecular weight excluding hydrogens is 160 g/mol. The van der Waals surface area contributed by atoms with Gasteiger partial charge in [-0.05, 0) is 17.7 Å². The van der Waals surface area contributed by atoms with Crippen LogP contribution >= 0.6 is 12.6 Å². The van der Waals surface area contributed by atoms with E-state index in [4.69, 9.17) is 5.11 Å². The molecule has 0 aromatic heterocycles. The first-order valence-corrected chi connectivity index (χ1v) is 3.95. The molecule has 1 unspecified atom stereocenters. The molecule has 1 aromatic carbocycles. The molecule has 1 atom stereocenters. The molecule has 3 heteroatoms. The maximum absolute atomic E-state index is 9.27. The molecule has 0 saturated carbocycles. The van der Waals surface area contributed by atoms with Crippen molar-refractivity contribution in [1.82, 2.24) is 0 Å². The van der Waals surface area contributed by atoms with Gasteiger partial charge in [0.15, 0.2) is 0 Å². The van der Waals surface area contributed by atoms with Crippen LogP contribution in [0, 0.1) is 0 Å². The van der Waals surface area contributed by atoms with Gasteiger partial charge in [0.25, 0.3) is 0 Å². The van der Waals surface area contributed by atoms with Crippen LogP contribution in [-0.2, 0) is 0 Å². The van der Waals surface area contributed by atoms with E-state index < -0.39 is 6.10 Å². The molecule has 11 heavy (non-hydrogen) atoms. The summed E-state index contributed by atoms with van der Waals surface area (Å²) in [4.78, 5) is 0. The van der Waals surface area contributed by atoms with Gasteiger partial charge in [-0.15, -0.1) is 0 Å². The van der Waals surface area contributed by atoms with Gasteiger partial charge in [-0.3, -0.25) is 0 Å². The number of benzene rings is 1. The number of hydrogen-bond donors (Lipinski definition) is 3. The molecule has 0 aliphatic rings. The smallest absolute Gasteiger partial charge is 0.115 e. The van der Waals surface area contributed by atoms with E-state index in [1.165, 1.54) is 6.07 Å². The van der Waals surface area contributed by atoms with E-state index in [1.54, 1.807) is 18.2 Å². The molecule has 0 heterocycles. The minimum atomic E-state index is -0.592. The van der Waals surface area contributed by atoms with Gasteiger partial charge in [-0.2, -0.15) is 12.6 Å². The zero-order valence-corrected chi connectivity index (χ0v) is 6.83. The highest BCUT2D eigenvalue weighted by Gasteiger charge is 2.04. The predicted octanol–water partition coefficient (Wildman–Crippen LogP) is 1.36. The molecular formula is C8H10O2S. The lowest BCUT2D eigenvalue weighted by molar-refractivity contribution is 0.204. The first-order valence-electron chi connectivity index (χ1n) is 3.32. The van der Waals surface area contributed by atoms with Gasteiger partial charge in [-0.1, -0.05) is 12.1 Å². The second kappa shape index (κ2) is 3.64. The van der Waals surface area contributed by atoms with E-state index in [9.17, 15) is 5.11 Å². The average Bonchev–Trinajstić information content (AvgIpc) is 2.03. The van der Waals surface area contributed by atoms with Crippen LogP contribution in [0.4, 0.5) is 0 Å². The van der Waals surface area contributed by atoms with Crippen molar-refractivity contribution in [2.75, 3.05) is 5.75 Å². The number of aromatic hydroxyl groups is 1. The van der Waals surface area contributed by atoms with Crippen LogP contribution in [0.25, 0.3) is 0 Å². The highest BCUT2D eigenvalue weighted by molar-refractivity contribution is 7.80. The maximum Gasteiger partial charge on any atom is 0.115 e. The summed E-state index contributed by atoms with van der Waals surface area (Å²) in [5, 5.41) is 18.3. The van der Waals surface area contributed by atoms with Crippen molar-refractivity contribution in [1.29, 1.82) is 0 Å². The molecule has 0 fully saturated rings. The zero-order chi connectivity index (χ0) is 8.27. The van der Waals surface area contributed by atoms with Crippen molar-refractivity contribution in [2.24, 2.45) is 0 Å². The predicted molar refractivity (Wildman–Crippen MR) is 46.9 cm³/mol. The standard InChI is InChI=1S/C8H10O2S/c9-7-3-1-2-6(4-7)8(10)5-11/h1-4,8-11H,5H2. The van der Waals surface area contributed by atoms with Crippen LogP contribution in [0.1, 0.15) is 11.7 Å². The first-order chi connectivity index (χ1) is 5.24. The SMILES string of the molecule is Oc1cccc(C(O)CS)c1. The highest BCUT2D eigenvalue weighted by atomic mass is 32.1. The lowest BCUT2D eigenvalue weighted by atomic mass is 10.1. The molecule has 0 radical (unpaired) electrons. The number of rotatable bonds is 2. The fourth-order valence-electron chi connectivity index (χ4n) is 0.837. The quantitative estimate of drug-likeness (QED) is 0.586. The van der Waals surface area contributed by atoms with Crippen LogP contribution in [0.3, 0.4) is 0 Å². The van der Waals surface area contributed by atoms with Gasteiger partial charge in [0.05, 0.1) is 6.10 Å². The van der Waals surface area contributed by atoms with Gasteiger partial charge < -0.3 is 10.2 Å². The third-order valence-electron chi connectivity index (χ3n) is 1.43. The summed E-state index contributed by atoms with van der Waals surface area (Å²) in [6.45, 7) is 0. The van der Waals surface area contributed by atoms with E-state index in [0.717, 1.165) is 0 Å². The topological polar surface area (TPSA) is 40.5 Å². The Morgan fingerprint density at radius 1 is 1.45 bits per heavy atom. The molecule has 0 saturated heterocycles. The molecule has 2 N–H and O–H groups in total. The minimum Gasteiger partial charge on any atom is -0.508 e. The molecule has 60 valence electrons. The van der Waals surface area contributed by atoms with Crippen molar-refractivity contribution in [3.63, 3.8) is 0 Å². The van der Waals surface area contributed by atoms with Gasteiger partial charge in [0.1, 0.15) is 5.75 Å². The fourth-order valence-corrected chi connectivity index (χ4v) is 1.05. The summed E-state index contributed by atoms with van der Waals surface area (Å²) >= 11 is 3.93. The molecule has 2 nitrogen and oxygen atoms in total. The first kappa shape index (κ1) is 8.43. The minimum absolute atomic E-state index is 0.170. The maximum atomic E-state index is 9.27. The van der Waals surface area contributed by atoms with Crippen molar-refractivity contribution >= 4 is 12.6 Å². The van der Waals surface area contributed by atoms with E-state index in [2.05, 4.69) is 12.6 Å². The van der Waals surface area contributed by atoms with Crippen LogP contribution in [0.5, 0.6) is 5.75 Å². The Labute approximate surface area is 70.9 Å². The molecule has 0 bridgehead atoms. The Morgan fingerprint density at radius 2 is 2.18 bits per heavy atom. The summed E-state index contributed by atoms with van der Waals surface area (Å²) in [6.07, 6.45) is -0.592. The monoisotopic (exact) mass is 170 g/mol. The normalized spacial score (nSPS) is 12.9. The third kappa shape index (κ3) is 2.13. The van der Waals surface area contributed by atoms with Gasteiger partial charge in [0.2, 0.25) is 0 Å². The van der Waals surface area contributed by atoms with E-state index in [0.29, 0.717) is 11.3 Å². The Balaban J connectivity index is 2.86. The molecule has 0 spiro atoms. The number of thiol groups is 1. The second-order valence-electron chi connectivity index (χ2n) is 2.29. The summed E-state index contributed by atoms with van der Waals surface area (Å²) < 4.78 is 0. The van der Waals surface area contributed by atoms with Crippen molar-refractivity contribution in [3.05, 3.63) is 29.8 Å².